The molecule has 16 heavy (non-hydrogen) atoms. The molecule has 0 aliphatic heterocycles. The van der Waals surface area contributed by atoms with E-state index in [-0.39, 0.29) is 0 Å². The van der Waals surface area contributed by atoms with Crippen LogP contribution in [0.15, 0.2) is 22.8 Å². The van der Waals surface area contributed by atoms with Crippen LogP contribution in [0, 0.1) is 18.6 Å². The van der Waals surface area contributed by atoms with E-state index in [2.05, 4.69) is 20.9 Å². The van der Waals surface area contributed by atoms with Gasteiger partial charge in [0.15, 0.2) is 11.6 Å². The monoisotopic (exact) mass is 286 g/mol. The minimum atomic E-state index is -0.858. The van der Waals surface area contributed by atoms with Gasteiger partial charge in [0, 0.05) is 12.6 Å². The fourth-order valence-electron chi connectivity index (χ4n) is 1.53. The minimum absolute atomic E-state index is 0.592. The topological polar surface area (TPSA) is 17.8 Å². The van der Waals surface area contributed by atoms with E-state index in [1.165, 1.54) is 6.07 Å². The van der Waals surface area contributed by atoms with Crippen molar-refractivity contribution < 1.29 is 8.78 Å². The molecule has 2 nitrogen and oxygen atoms in total. The van der Waals surface area contributed by atoms with Crippen LogP contribution in [0.3, 0.4) is 0 Å². The number of aryl methyl sites for hydroxylation is 1. The highest BCUT2D eigenvalue weighted by Crippen LogP contribution is 2.29. The molecule has 0 bridgehead atoms. The van der Waals surface area contributed by atoms with Crippen molar-refractivity contribution >= 4 is 15.9 Å². The van der Waals surface area contributed by atoms with Gasteiger partial charge in [-0.25, -0.2) is 13.8 Å². The van der Waals surface area contributed by atoms with Crippen LogP contribution in [-0.4, -0.2) is 9.55 Å². The van der Waals surface area contributed by atoms with E-state index in [1.54, 1.807) is 0 Å². The van der Waals surface area contributed by atoms with E-state index in [9.17, 15) is 8.78 Å². The normalized spacial score (nSPS) is 10.8. The quantitative estimate of drug-likeness (QED) is 0.785. The molecule has 1 aromatic heterocycles. The van der Waals surface area contributed by atoms with Gasteiger partial charge in [-0.2, -0.15) is 0 Å². The van der Waals surface area contributed by atoms with E-state index in [0.29, 0.717) is 10.2 Å². The lowest BCUT2D eigenvalue weighted by molar-refractivity contribution is 0.509. The molecule has 0 aliphatic rings. The van der Waals surface area contributed by atoms with Crippen LogP contribution in [-0.2, 0) is 7.05 Å². The lowest BCUT2D eigenvalue weighted by atomic mass is 10.1. The lowest BCUT2D eigenvalue weighted by Crippen LogP contribution is -1.95. The van der Waals surface area contributed by atoms with Crippen molar-refractivity contribution in [2.24, 2.45) is 7.05 Å². The summed E-state index contributed by atoms with van der Waals surface area (Å²) in [6, 6.07) is 3.80. The molecule has 0 unspecified atom stereocenters. The van der Waals surface area contributed by atoms with E-state index < -0.39 is 11.6 Å². The molecule has 0 saturated heterocycles. The molecule has 2 aromatic rings. The standard InChI is InChI=1S/C11H9BrF2N2/c1-6-15-11(12)10(16(6)2)7-3-4-8(13)9(14)5-7/h3-5H,1-2H3. The summed E-state index contributed by atoms with van der Waals surface area (Å²) in [6.07, 6.45) is 0. The first-order chi connectivity index (χ1) is 7.50. The van der Waals surface area contributed by atoms with Crippen LogP contribution in [0.4, 0.5) is 8.78 Å². The molecule has 0 amide bonds. The number of hydrogen-bond acceptors (Lipinski definition) is 1. The van der Waals surface area contributed by atoms with Crippen molar-refractivity contribution in [3.8, 4) is 11.3 Å². The number of benzene rings is 1. The number of nitrogens with zero attached hydrogens (tertiary/aromatic N) is 2. The molecule has 0 saturated carbocycles. The smallest absolute Gasteiger partial charge is 0.159 e. The van der Waals surface area contributed by atoms with Crippen LogP contribution in [0.1, 0.15) is 5.82 Å². The van der Waals surface area contributed by atoms with E-state index >= 15 is 0 Å². The summed E-state index contributed by atoms with van der Waals surface area (Å²) >= 11 is 3.30. The summed E-state index contributed by atoms with van der Waals surface area (Å²) in [5, 5.41) is 0. The first-order valence-electron chi connectivity index (χ1n) is 4.65. The maximum atomic E-state index is 13.1. The zero-order valence-corrected chi connectivity index (χ0v) is 10.3. The van der Waals surface area contributed by atoms with Crippen molar-refractivity contribution in [2.45, 2.75) is 6.92 Å². The number of rotatable bonds is 1. The van der Waals surface area contributed by atoms with Crippen LogP contribution in [0.2, 0.25) is 0 Å². The van der Waals surface area contributed by atoms with E-state index in [0.717, 1.165) is 23.7 Å². The first kappa shape index (κ1) is 11.3. The van der Waals surface area contributed by atoms with Gasteiger partial charge in [-0.15, -0.1) is 0 Å². The highest BCUT2D eigenvalue weighted by atomic mass is 79.9. The Morgan fingerprint density at radius 1 is 1.25 bits per heavy atom. The molecule has 0 aliphatic carbocycles. The molecule has 5 heteroatoms. The Labute approximate surface area is 100 Å². The molecule has 1 aromatic carbocycles. The van der Waals surface area contributed by atoms with Gasteiger partial charge in [-0.05, 0) is 41.1 Å². The molecular formula is C11H9BrF2N2. The third-order valence-corrected chi connectivity index (χ3v) is 3.02. The Bertz CT molecular complexity index is 549. The highest BCUT2D eigenvalue weighted by Gasteiger charge is 2.13. The Morgan fingerprint density at radius 3 is 2.44 bits per heavy atom. The van der Waals surface area contributed by atoms with Gasteiger partial charge < -0.3 is 4.57 Å². The van der Waals surface area contributed by atoms with Crippen molar-refractivity contribution in [1.82, 2.24) is 9.55 Å². The Balaban J connectivity index is 2.63. The summed E-state index contributed by atoms with van der Waals surface area (Å²) in [6.45, 7) is 1.84. The zero-order chi connectivity index (χ0) is 11.9. The fourth-order valence-corrected chi connectivity index (χ4v) is 2.28. The minimum Gasteiger partial charge on any atom is -0.330 e. The second-order valence-corrected chi connectivity index (χ2v) is 4.24. The van der Waals surface area contributed by atoms with Crippen LogP contribution >= 0.6 is 15.9 Å². The molecule has 0 radical (unpaired) electrons. The van der Waals surface area contributed by atoms with Gasteiger partial charge >= 0.3 is 0 Å². The van der Waals surface area contributed by atoms with Crippen LogP contribution < -0.4 is 0 Å². The van der Waals surface area contributed by atoms with Crippen molar-refractivity contribution in [3.05, 3.63) is 40.3 Å². The molecule has 1 heterocycles. The average Bonchev–Trinajstić information content (AvgIpc) is 2.47. The Morgan fingerprint density at radius 2 is 1.94 bits per heavy atom. The summed E-state index contributed by atoms with van der Waals surface area (Å²) < 4.78 is 28.4. The number of hydrogen-bond donors (Lipinski definition) is 0. The molecule has 0 atom stereocenters. The second kappa shape index (κ2) is 3.97. The number of imidazole rings is 1. The Kier molecular flexibility index (Phi) is 2.80. The second-order valence-electron chi connectivity index (χ2n) is 3.49. The van der Waals surface area contributed by atoms with Gasteiger partial charge in [-0.1, -0.05) is 0 Å². The molecule has 84 valence electrons. The highest BCUT2D eigenvalue weighted by molar-refractivity contribution is 9.10. The van der Waals surface area contributed by atoms with Gasteiger partial charge in [0.2, 0.25) is 0 Å². The van der Waals surface area contributed by atoms with Gasteiger partial charge in [-0.3, -0.25) is 0 Å². The van der Waals surface area contributed by atoms with Gasteiger partial charge in [0.05, 0.1) is 5.69 Å². The van der Waals surface area contributed by atoms with Crippen molar-refractivity contribution in [3.63, 3.8) is 0 Å². The first-order valence-corrected chi connectivity index (χ1v) is 5.44. The molecule has 2 rings (SSSR count). The van der Waals surface area contributed by atoms with Gasteiger partial charge in [0.1, 0.15) is 10.4 Å². The summed E-state index contributed by atoms with van der Waals surface area (Å²) in [5.74, 6) is -0.909. The third kappa shape index (κ3) is 1.75. The SMILES string of the molecule is Cc1nc(Br)c(-c2ccc(F)c(F)c2)n1C. The molecular weight excluding hydrogens is 278 g/mol. The van der Waals surface area contributed by atoms with Gasteiger partial charge in [0.25, 0.3) is 0 Å². The maximum absolute atomic E-state index is 13.1. The molecule has 0 spiro atoms. The largest absolute Gasteiger partial charge is 0.330 e. The van der Waals surface area contributed by atoms with Crippen LogP contribution in [0.25, 0.3) is 11.3 Å². The third-order valence-electron chi connectivity index (χ3n) is 2.47. The summed E-state index contributed by atoms with van der Waals surface area (Å²) in [5.41, 5.74) is 1.32. The Hall–Kier alpha value is -1.23. The van der Waals surface area contributed by atoms with Crippen LogP contribution in [0.5, 0.6) is 0 Å². The van der Waals surface area contributed by atoms with Crippen molar-refractivity contribution in [2.75, 3.05) is 0 Å². The lowest BCUT2D eigenvalue weighted by Gasteiger charge is -2.05. The fraction of sp³-hybridized carbons (Fsp3) is 0.182. The summed E-state index contributed by atoms with van der Waals surface area (Å²) in [7, 11) is 1.82. The molecule has 0 N–H and O–H groups in total. The van der Waals surface area contributed by atoms with E-state index in [1.807, 2.05) is 18.5 Å². The molecule has 0 fully saturated rings. The predicted octanol–water partition coefficient (Wildman–Crippen LogP) is 3.44. The van der Waals surface area contributed by atoms with Crippen molar-refractivity contribution in [1.29, 1.82) is 0 Å². The summed E-state index contributed by atoms with van der Waals surface area (Å²) in [4.78, 5) is 4.20. The number of halogens is 3. The van der Waals surface area contributed by atoms with E-state index in [4.69, 9.17) is 0 Å². The maximum Gasteiger partial charge on any atom is 0.159 e. The number of aromatic nitrogens is 2. The zero-order valence-electron chi connectivity index (χ0n) is 8.76. The predicted molar refractivity (Wildman–Crippen MR) is 61.0 cm³/mol. The average molecular weight is 287 g/mol.